The van der Waals surface area contributed by atoms with Crippen molar-refractivity contribution in [2.24, 2.45) is 0 Å². The molecule has 1 atom stereocenters. The zero-order valence-corrected chi connectivity index (χ0v) is 15.6. The van der Waals surface area contributed by atoms with Crippen LogP contribution in [0.3, 0.4) is 0 Å². The van der Waals surface area contributed by atoms with Crippen molar-refractivity contribution in [2.45, 2.75) is 19.4 Å². The van der Waals surface area contributed by atoms with Gasteiger partial charge in [-0.3, -0.25) is 0 Å². The number of hydrogen-bond acceptors (Lipinski definition) is 3. The molecule has 2 aromatic carbocycles. The van der Waals surface area contributed by atoms with Crippen LogP contribution in [0.1, 0.15) is 28.4 Å². The molecule has 0 bridgehead atoms. The van der Waals surface area contributed by atoms with Crippen LogP contribution in [0.15, 0.2) is 60.7 Å². The largest absolute Gasteiger partial charge is 0.358 e. The molecule has 0 aliphatic carbocycles. The minimum atomic E-state index is 0.351. The lowest BCUT2D eigenvalue weighted by Crippen LogP contribution is -2.31. The fourth-order valence-corrected chi connectivity index (χ4v) is 4.11. The van der Waals surface area contributed by atoms with Gasteiger partial charge in [-0.2, -0.15) is 10.2 Å². The second kappa shape index (κ2) is 6.32. The topological polar surface area (TPSA) is 44.8 Å². The van der Waals surface area contributed by atoms with Crippen molar-refractivity contribution in [1.82, 2.24) is 20.1 Å². The van der Waals surface area contributed by atoms with Crippen LogP contribution in [-0.4, -0.2) is 33.7 Å². The summed E-state index contributed by atoms with van der Waals surface area (Å²) in [4.78, 5) is 6.02. The molecule has 4 heteroatoms. The van der Waals surface area contributed by atoms with Gasteiger partial charge < -0.3 is 9.88 Å². The summed E-state index contributed by atoms with van der Waals surface area (Å²) in [5.41, 5.74) is 8.26. The van der Waals surface area contributed by atoms with Crippen molar-refractivity contribution in [2.75, 3.05) is 13.6 Å². The Kier molecular flexibility index (Phi) is 3.80. The Morgan fingerprint density at radius 2 is 1.89 bits per heavy atom. The number of nitrogens with zero attached hydrogens (tertiary/aromatic N) is 3. The van der Waals surface area contributed by atoms with Crippen LogP contribution in [0.5, 0.6) is 0 Å². The van der Waals surface area contributed by atoms with Gasteiger partial charge in [-0.1, -0.05) is 30.3 Å². The highest BCUT2D eigenvalue weighted by molar-refractivity contribution is 5.80. The third kappa shape index (κ3) is 2.92. The van der Waals surface area contributed by atoms with Gasteiger partial charge >= 0.3 is 0 Å². The van der Waals surface area contributed by atoms with E-state index in [1.54, 1.807) is 0 Å². The number of hydrogen-bond donors (Lipinski definition) is 1. The molecule has 4 nitrogen and oxygen atoms in total. The molecule has 4 aromatic rings. The van der Waals surface area contributed by atoms with Crippen molar-refractivity contribution in [3.63, 3.8) is 0 Å². The third-order valence-corrected chi connectivity index (χ3v) is 5.47. The van der Waals surface area contributed by atoms with Crippen molar-refractivity contribution in [3.8, 4) is 11.3 Å². The first kappa shape index (κ1) is 16.2. The van der Waals surface area contributed by atoms with Crippen LogP contribution in [-0.2, 0) is 6.54 Å². The fourth-order valence-electron chi connectivity index (χ4n) is 4.11. The molecule has 0 saturated heterocycles. The van der Waals surface area contributed by atoms with Crippen LogP contribution < -0.4 is 0 Å². The molecule has 0 saturated carbocycles. The number of rotatable bonds is 2. The molecule has 2 aromatic heterocycles. The van der Waals surface area contributed by atoms with E-state index in [4.69, 9.17) is 0 Å². The number of aryl methyl sites for hydroxylation is 1. The van der Waals surface area contributed by atoms with Crippen LogP contribution in [0, 0.1) is 6.92 Å². The molecule has 1 unspecified atom stereocenters. The Morgan fingerprint density at radius 3 is 2.70 bits per heavy atom. The quantitative estimate of drug-likeness (QED) is 0.576. The van der Waals surface area contributed by atoms with Gasteiger partial charge in [-0.15, -0.1) is 0 Å². The highest BCUT2D eigenvalue weighted by atomic mass is 15.1. The standard InChI is InChI=1S/C23H22N4/c1-15-7-10-22(26-25-15)17-8-9-19-18(11-17)13-27(2)14-20(19)23-12-16-5-3-4-6-21(16)24-23/h3-12,20,24H,13-14H2,1-2H3. The van der Waals surface area contributed by atoms with E-state index < -0.39 is 0 Å². The number of aromatic amines is 1. The summed E-state index contributed by atoms with van der Waals surface area (Å²) >= 11 is 0. The monoisotopic (exact) mass is 354 g/mol. The van der Waals surface area contributed by atoms with Gasteiger partial charge in [0.2, 0.25) is 0 Å². The number of aromatic nitrogens is 3. The van der Waals surface area contributed by atoms with E-state index in [-0.39, 0.29) is 0 Å². The van der Waals surface area contributed by atoms with Gasteiger partial charge in [0.25, 0.3) is 0 Å². The van der Waals surface area contributed by atoms with E-state index in [9.17, 15) is 0 Å². The molecule has 0 fully saturated rings. The Hall–Kier alpha value is -2.98. The average molecular weight is 354 g/mol. The summed E-state index contributed by atoms with van der Waals surface area (Å²) in [6, 6.07) is 21.6. The molecular weight excluding hydrogens is 332 g/mol. The van der Waals surface area contributed by atoms with Gasteiger partial charge in [0, 0.05) is 35.8 Å². The molecule has 27 heavy (non-hydrogen) atoms. The summed E-state index contributed by atoms with van der Waals surface area (Å²) in [6.45, 7) is 3.94. The molecule has 0 spiro atoms. The minimum absolute atomic E-state index is 0.351. The lowest BCUT2D eigenvalue weighted by Gasteiger charge is -2.32. The van der Waals surface area contributed by atoms with E-state index in [1.807, 2.05) is 19.1 Å². The average Bonchev–Trinajstić information content (AvgIpc) is 3.11. The first-order valence-electron chi connectivity index (χ1n) is 9.37. The first-order chi connectivity index (χ1) is 13.2. The Balaban J connectivity index is 1.57. The van der Waals surface area contributed by atoms with Gasteiger partial charge in [0.15, 0.2) is 0 Å². The lowest BCUT2D eigenvalue weighted by molar-refractivity contribution is 0.294. The van der Waals surface area contributed by atoms with E-state index >= 15 is 0 Å². The lowest BCUT2D eigenvalue weighted by atomic mass is 9.86. The maximum absolute atomic E-state index is 4.35. The number of para-hydroxylation sites is 1. The molecule has 3 heterocycles. The van der Waals surface area contributed by atoms with E-state index in [2.05, 4.69) is 75.7 Å². The third-order valence-electron chi connectivity index (χ3n) is 5.47. The SMILES string of the molecule is Cc1ccc(-c2ccc3c(c2)CN(C)CC3c2cc3ccccc3[nH]2)nn1. The smallest absolute Gasteiger partial charge is 0.0929 e. The summed E-state index contributed by atoms with van der Waals surface area (Å²) in [5, 5.41) is 9.83. The van der Waals surface area contributed by atoms with Crippen LogP contribution in [0.25, 0.3) is 22.2 Å². The first-order valence-corrected chi connectivity index (χ1v) is 9.37. The predicted octanol–water partition coefficient (Wildman–Crippen LogP) is 4.51. The summed E-state index contributed by atoms with van der Waals surface area (Å²) in [5.74, 6) is 0.351. The van der Waals surface area contributed by atoms with Gasteiger partial charge in [-0.05, 0) is 60.8 Å². The second-order valence-corrected chi connectivity index (χ2v) is 7.53. The number of likely N-dealkylation sites (N-methyl/N-ethyl adjacent to an activating group) is 1. The highest BCUT2D eigenvalue weighted by Crippen LogP contribution is 2.35. The van der Waals surface area contributed by atoms with Gasteiger partial charge in [-0.25, -0.2) is 0 Å². The van der Waals surface area contributed by atoms with E-state index in [1.165, 1.54) is 27.7 Å². The number of fused-ring (bicyclic) bond motifs is 2. The normalized spacial score (nSPS) is 17.2. The van der Waals surface area contributed by atoms with Crippen molar-refractivity contribution < 1.29 is 0 Å². The highest BCUT2D eigenvalue weighted by Gasteiger charge is 2.26. The van der Waals surface area contributed by atoms with E-state index in [0.717, 1.165) is 30.0 Å². The summed E-state index contributed by atoms with van der Waals surface area (Å²) < 4.78 is 0. The molecule has 5 rings (SSSR count). The maximum atomic E-state index is 4.35. The molecule has 0 amide bonds. The van der Waals surface area contributed by atoms with E-state index in [0.29, 0.717) is 5.92 Å². The van der Waals surface area contributed by atoms with Crippen LogP contribution >= 0.6 is 0 Å². The van der Waals surface area contributed by atoms with Gasteiger partial charge in [0.05, 0.1) is 11.4 Å². The molecule has 0 radical (unpaired) electrons. The van der Waals surface area contributed by atoms with Crippen LogP contribution in [0.4, 0.5) is 0 Å². The molecule has 1 aliphatic heterocycles. The number of H-pyrrole nitrogens is 1. The zero-order valence-electron chi connectivity index (χ0n) is 15.6. The van der Waals surface area contributed by atoms with Crippen molar-refractivity contribution in [1.29, 1.82) is 0 Å². The fraction of sp³-hybridized carbons (Fsp3) is 0.217. The van der Waals surface area contributed by atoms with Crippen molar-refractivity contribution in [3.05, 3.63) is 83.2 Å². The number of nitrogens with one attached hydrogen (secondary N) is 1. The maximum Gasteiger partial charge on any atom is 0.0929 e. The molecule has 1 aliphatic rings. The zero-order chi connectivity index (χ0) is 18.4. The van der Waals surface area contributed by atoms with Gasteiger partial charge in [0.1, 0.15) is 0 Å². The van der Waals surface area contributed by atoms with Crippen LogP contribution in [0.2, 0.25) is 0 Å². The predicted molar refractivity (Wildman–Crippen MR) is 109 cm³/mol. The molecule has 1 N–H and O–H groups in total. The Bertz CT molecular complexity index is 1080. The second-order valence-electron chi connectivity index (χ2n) is 7.53. The molecular formula is C23H22N4. The Morgan fingerprint density at radius 1 is 1.00 bits per heavy atom. The Labute approximate surface area is 158 Å². The summed E-state index contributed by atoms with van der Waals surface area (Å²) in [6.07, 6.45) is 0. The summed E-state index contributed by atoms with van der Waals surface area (Å²) in [7, 11) is 2.19. The number of benzene rings is 2. The minimum Gasteiger partial charge on any atom is -0.358 e. The van der Waals surface area contributed by atoms with Crippen molar-refractivity contribution >= 4 is 10.9 Å². The molecule has 134 valence electrons.